The predicted octanol–water partition coefficient (Wildman–Crippen LogP) is 2.11. The van der Waals surface area contributed by atoms with Crippen LogP contribution in [0.15, 0.2) is 47.7 Å². The second kappa shape index (κ2) is 17.4. The van der Waals surface area contributed by atoms with Crippen LogP contribution in [0.1, 0.15) is 85.1 Å². The lowest BCUT2D eigenvalue weighted by Crippen LogP contribution is -2.48. The lowest BCUT2D eigenvalue weighted by molar-refractivity contribution is -0.135. The lowest BCUT2D eigenvalue weighted by Gasteiger charge is -2.54. The van der Waals surface area contributed by atoms with Gasteiger partial charge in [0.2, 0.25) is 11.8 Å². The Morgan fingerprint density at radius 3 is 2.57 bits per heavy atom. The summed E-state index contributed by atoms with van der Waals surface area (Å²) in [5.41, 5.74) is 0.803. The topological polar surface area (TPSA) is 175 Å². The number of likely N-dealkylation sites (tertiary alicyclic amines) is 1. The number of alkyl halides is 2. The summed E-state index contributed by atoms with van der Waals surface area (Å²) < 4.78 is 46.5. The van der Waals surface area contributed by atoms with E-state index in [2.05, 4.69) is 42.5 Å². The quantitative estimate of drug-likeness (QED) is 0.119. The molecule has 4 saturated heterocycles. The number of aryl methyl sites for hydroxylation is 1. The van der Waals surface area contributed by atoms with Crippen LogP contribution in [0.5, 0.6) is 0 Å². The van der Waals surface area contributed by atoms with Gasteiger partial charge in [0.15, 0.2) is 11.3 Å². The Labute approximate surface area is 389 Å². The molecule has 2 bridgehead atoms. The van der Waals surface area contributed by atoms with Crippen molar-refractivity contribution in [3.63, 3.8) is 0 Å². The largest absolute Gasteiger partial charge is 0.374 e. The van der Waals surface area contributed by atoms with Gasteiger partial charge >= 0.3 is 5.69 Å². The van der Waals surface area contributed by atoms with Crippen molar-refractivity contribution < 1.29 is 32.6 Å². The van der Waals surface area contributed by atoms with Crippen LogP contribution in [0.3, 0.4) is 0 Å². The van der Waals surface area contributed by atoms with Gasteiger partial charge in [0.05, 0.1) is 84.7 Å². The number of halogens is 2. The molecule has 8 heterocycles. The van der Waals surface area contributed by atoms with Crippen molar-refractivity contribution in [2.45, 2.75) is 92.1 Å². The van der Waals surface area contributed by atoms with E-state index in [4.69, 9.17) is 45.8 Å². The Hall–Kier alpha value is -5.71. The smallest absolute Gasteiger partial charge is 0.329 e. The average Bonchev–Trinajstić information content (AvgIpc) is 4.12. The van der Waals surface area contributed by atoms with E-state index in [-0.39, 0.29) is 85.0 Å². The van der Waals surface area contributed by atoms with E-state index in [9.17, 15) is 28.0 Å². The van der Waals surface area contributed by atoms with E-state index < -0.39 is 46.4 Å². The lowest BCUT2D eigenvalue weighted by atomic mass is 9.32. The molecule has 5 aliphatic rings. The molecule has 17 nitrogen and oxygen atoms in total. The molecule has 1 saturated carbocycles. The van der Waals surface area contributed by atoms with Crippen LogP contribution in [-0.2, 0) is 26.1 Å². The summed E-state index contributed by atoms with van der Waals surface area (Å²) in [7, 11) is 28.7. The molecule has 338 valence electrons. The van der Waals surface area contributed by atoms with E-state index in [1.807, 2.05) is 12.1 Å². The third-order valence-electron chi connectivity index (χ3n) is 13.9. The third kappa shape index (κ3) is 8.49. The molecule has 1 aliphatic carbocycles. The van der Waals surface area contributed by atoms with Gasteiger partial charge in [-0.2, -0.15) is 10.2 Å². The minimum absolute atomic E-state index is 0.0399. The van der Waals surface area contributed by atoms with Crippen molar-refractivity contribution >= 4 is 77.3 Å². The zero-order valence-corrected chi connectivity index (χ0v) is 36.8. The number of morpholine rings is 1. The third-order valence-corrected chi connectivity index (χ3v) is 13.9. The summed E-state index contributed by atoms with van der Waals surface area (Å²) >= 11 is 0. The van der Waals surface area contributed by atoms with Crippen LogP contribution >= 0.6 is 0 Å². The molecule has 10 rings (SSSR count). The van der Waals surface area contributed by atoms with Crippen LogP contribution in [0.4, 0.5) is 20.3 Å². The highest BCUT2D eigenvalue weighted by atomic mass is 19.3. The molecule has 0 spiro atoms. The number of anilines is 2. The first-order valence-corrected chi connectivity index (χ1v) is 22.5. The van der Waals surface area contributed by atoms with E-state index in [1.54, 1.807) is 25.4 Å². The molecular weight excluding hydrogens is 860 g/mol. The summed E-state index contributed by atoms with van der Waals surface area (Å²) in [6.07, 6.45) is 4.60. The second-order valence-electron chi connectivity index (χ2n) is 18.6. The highest BCUT2D eigenvalue weighted by Gasteiger charge is 2.48. The summed E-state index contributed by atoms with van der Waals surface area (Å²) in [5.74, 6) is 5.19. The SMILES string of the molecule is [B]C1([B])CC(CN2CCC(OCC#Cc3cccc4c3n(C)c(=O)n4C3CCC(=O)NC3=O)CC2)CC([B])([B])C1n1cc(NC(=O)c2cnn3ccc(N4C[C@H]5C[C@@H]4CO5)nc23)c(C(F)F)n1. The van der Waals surface area contributed by atoms with Crippen molar-refractivity contribution in [3.8, 4) is 11.8 Å². The maximum atomic E-state index is 14.5. The normalized spacial score (nSPS) is 25.2. The molecule has 8 radical (unpaired) electrons. The molecule has 2 N–H and O–H groups in total. The van der Waals surface area contributed by atoms with Gasteiger partial charge in [-0.3, -0.25) is 33.5 Å². The number of imidazole rings is 1. The molecule has 5 aromatic rings. The zero-order chi connectivity index (χ0) is 46.9. The fraction of sp³-hybridized carbons (Fsp3) is 0.523. The van der Waals surface area contributed by atoms with Gasteiger partial charge in [0.1, 0.15) is 24.0 Å². The van der Waals surface area contributed by atoms with E-state index in [0.717, 1.165) is 37.0 Å². The van der Waals surface area contributed by atoms with E-state index >= 15 is 0 Å². The number of nitrogens with zero attached hydrogens (tertiary/aromatic N) is 9. The molecule has 67 heavy (non-hydrogen) atoms. The van der Waals surface area contributed by atoms with Crippen LogP contribution in [0.25, 0.3) is 16.7 Å². The first-order valence-electron chi connectivity index (χ1n) is 22.5. The monoisotopic (exact) mass is 905 g/mol. The van der Waals surface area contributed by atoms with Crippen LogP contribution in [-0.4, -0.2) is 145 Å². The number of fused-ring (bicyclic) bond motifs is 4. The van der Waals surface area contributed by atoms with Crippen molar-refractivity contribution in [2.75, 3.05) is 49.6 Å². The molecule has 3 amide bonds. The van der Waals surface area contributed by atoms with Crippen molar-refractivity contribution in [3.05, 3.63) is 70.2 Å². The van der Waals surface area contributed by atoms with Crippen LogP contribution < -0.4 is 21.2 Å². The number of piperidine rings is 2. The maximum absolute atomic E-state index is 14.5. The molecular formula is C44H45B4F2N11O6. The number of ether oxygens (including phenoxy) is 2. The molecule has 3 atom stereocenters. The number of benzene rings is 1. The number of rotatable bonds is 10. The van der Waals surface area contributed by atoms with E-state index in [1.165, 1.54) is 26.0 Å². The van der Waals surface area contributed by atoms with Crippen molar-refractivity contribution in [2.24, 2.45) is 13.0 Å². The van der Waals surface area contributed by atoms with Crippen LogP contribution in [0, 0.1) is 17.8 Å². The number of nitrogens with one attached hydrogen (secondary N) is 2. The fourth-order valence-corrected chi connectivity index (χ4v) is 10.9. The maximum Gasteiger partial charge on any atom is 0.329 e. The average molecular weight is 905 g/mol. The minimum Gasteiger partial charge on any atom is -0.374 e. The number of aromatic nitrogens is 7. The molecule has 1 unspecified atom stereocenters. The predicted molar refractivity (Wildman–Crippen MR) is 245 cm³/mol. The summed E-state index contributed by atoms with van der Waals surface area (Å²) in [5, 5.41) is 10.2. The standard InChI is InChI=1S/C44H45B4F2N11O6/c1-56-36-25(4-2-6-31(36)61(42(56)65)32-7-8-34(62)54-40(32)64)5-3-15-66-27-9-12-57(13-10-27)20-24-17-43(45,46)41(44(47,48)18-24)60-22-30(35(55-60)37(49)50)52-39(63)29-19-51-59-14-11-33(53-38(29)59)58-21-28-16-26(58)23-67-28/h2,4,6,11,14,19,22,24,26-28,32,37,41H,7-10,12-13,15-18,20-21,23H2,1H3,(H,52,63)(H,54,62,64)/t24?,26-,28-,32?,41?/m1/s1. The molecule has 1 aromatic carbocycles. The van der Waals surface area contributed by atoms with Gasteiger partial charge in [0.25, 0.3) is 12.3 Å². The Morgan fingerprint density at radius 2 is 1.87 bits per heavy atom. The number of imide groups is 1. The number of carbonyl (C=O) groups excluding carboxylic acids is 3. The number of carbonyl (C=O) groups is 3. The first kappa shape index (κ1) is 45.1. The number of hydrogen-bond donors (Lipinski definition) is 2. The van der Waals surface area contributed by atoms with Gasteiger partial charge in [-0.1, -0.05) is 41.2 Å². The molecule has 5 fully saturated rings. The summed E-state index contributed by atoms with van der Waals surface area (Å²) in [6.45, 7) is 3.48. The molecule has 4 aromatic heterocycles. The van der Waals surface area contributed by atoms with Gasteiger partial charge in [-0.05, 0) is 49.8 Å². The fourth-order valence-electron chi connectivity index (χ4n) is 10.9. The zero-order valence-electron chi connectivity index (χ0n) is 36.8. The van der Waals surface area contributed by atoms with Gasteiger partial charge in [-0.25, -0.2) is 23.1 Å². The number of amides is 3. The van der Waals surface area contributed by atoms with Crippen molar-refractivity contribution in [1.82, 2.24) is 43.7 Å². The highest BCUT2D eigenvalue weighted by molar-refractivity contribution is 6.45. The van der Waals surface area contributed by atoms with Gasteiger partial charge in [0, 0.05) is 58.1 Å². The Morgan fingerprint density at radius 1 is 1.09 bits per heavy atom. The second-order valence-corrected chi connectivity index (χ2v) is 18.6. The highest BCUT2D eigenvalue weighted by Crippen LogP contribution is 2.58. The number of para-hydroxylation sites is 1. The summed E-state index contributed by atoms with van der Waals surface area (Å²) in [4.78, 5) is 60.4. The molecule has 23 heteroatoms. The molecule has 4 aliphatic heterocycles. The van der Waals surface area contributed by atoms with Crippen LogP contribution in [0.2, 0.25) is 10.4 Å². The Balaban J connectivity index is 0.751. The Bertz CT molecular complexity index is 2880. The summed E-state index contributed by atoms with van der Waals surface area (Å²) in [6, 6.07) is 5.46. The van der Waals surface area contributed by atoms with Crippen molar-refractivity contribution in [1.29, 1.82) is 0 Å². The first-order chi connectivity index (χ1) is 32.0. The Kier molecular flexibility index (Phi) is 11.7. The minimum atomic E-state index is -3.07. The van der Waals surface area contributed by atoms with E-state index in [0.29, 0.717) is 42.1 Å². The van der Waals surface area contributed by atoms with Gasteiger partial charge < -0.3 is 24.6 Å². The number of hydrogen-bond acceptors (Lipinski definition) is 11. The van der Waals surface area contributed by atoms with Gasteiger partial charge in [-0.15, -0.1) is 0 Å².